The third-order valence-electron chi connectivity index (χ3n) is 0.838. The molecule has 0 bridgehead atoms. The van der Waals surface area contributed by atoms with Crippen LogP contribution in [-0.4, -0.2) is 22.2 Å². The summed E-state index contributed by atoms with van der Waals surface area (Å²) in [4.78, 5) is 20.2. The van der Waals surface area contributed by atoms with Crippen LogP contribution in [0, 0.1) is 0 Å². The Labute approximate surface area is 70.7 Å². The normalized spacial score (nSPS) is 12.2. The molecule has 0 aromatic rings. The van der Waals surface area contributed by atoms with Crippen molar-refractivity contribution in [2.75, 3.05) is 0 Å². The highest BCUT2D eigenvalue weighted by atomic mass is 127. The van der Waals surface area contributed by atoms with E-state index in [1.165, 1.54) is 29.5 Å². The Morgan fingerprint density at radius 1 is 1.20 bits per heavy atom. The molecule has 4 nitrogen and oxygen atoms in total. The summed E-state index contributed by atoms with van der Waals surface area (Å²) in [6, 6.07) is 0. The number of hydrogen-bond donors (Lipinski definition) is 2. The Morgan fingerprint density at radius 2 is 1.60 bits per heavy atom. The quantitative estimate of drug-likeness (QED) is 0.567. The smallest absolute Gasteiger partial charge is 0.342 e. The maximum absolute atomic E-state index is 10.1. The summed E-state index contributed by atoms with van der Waals surface area (Å²) in [5.74, 6) is -2.41. The van der Waals surface area contributed by atoms with E-state index < -0.39 is 11.9 Å². The van der Waals surface area contributed by atoms with Crippen LogP contribution in [0.25, 0.3) is 0 Å². The van der Waals surface area contributed by atoms with Crippen molar-refractivity contribution in [1.29, 1.82) is 0 Å². The zero-order valence-corrected chi connectivity index (χ0v) is 7.25. The van der Waals surface area contributed by atoms with Crippen LogP contribution in [-0.2, 0) is 9.59 Å². The first-order valence-electron chi connectivity index (χ1n) is 2.29. The minimum atomic E-state index is -1.21. The van der Waals surface area contributed by atoms with Crippen molar-refractivity contribution >= 4 is 34.5 Å². The minimum Gasteiger partial charge on any atom is -0.478 e. The molecule has 0 saturated carbocycles. The molecule has 5 heteroatoms. The lowest BCUT2D eigenvalue weighted by Gasteiger charge is -1.93. The predicted octanol–water partition coefficient (Wildman–Crippen LogP) is 0.865. The van der Waals surface area contributed by atoms with Gasteiger partial charge in [-0.25, -0.2) is 9.59 Å². The van der Waals surface area contributed by atoms with Gasteiger partial charge in [0.05, 0.1) is 5.57 Å². The van der Waals surface area contributed by atoms with Crippen molar-refractivity contribution < 1.29 is 19.8 Å². The molecule has 0 heterocycles. The Morgan fingerprint density at radius 3 is 1.70 bits per heavy atom. The van der Waals surface area contributed by atoms with Gasteiger partial charge in [0.1, 0.15) is 3.58 Å². The first kappa shape index (κ1) is 9.41. The van der Waals surface area contributed by atoms with Gasteiger partial charge in [-0.15, -0.1) is 0 Å². The first-order chi connectivity index (χ1) is 4.46. The minimum absolute atomic E-state index is 0.145. The highest BCUT2D eigenvalue weighted by molar-refractivity contribution is 14.1. The van der Waals surface area contributed by atoms with Crippen molar-refractivity contribution in [3.05, 3.63) is 9.15 Å². The SMILES string of the molecule is C/C(C(=O)O)=C(/I)C(=O)O. The molecule has 0 rings (SSSR count). The zero-order valence-electron chi connectivity index (χ0n) is 5.09. The molecule has 2 N–H and O–H groups in total. The van der Waals surface area contributed by atoms with Gasteiger partial charge >= 0.3 is 11.9 Å². The highest BCUT2D eigenvalue weighted by Crippen LogP contribution is 2.12. The molecule has 0 aromatic carbocycles. The second-order valence-electron chi connectivity index (χ2n) is 1.55. The number of carboxylic acids is 2. The summed E-state index contributed by atoms with van der Waals surface area (Å²) >= 11 is 1.47. The third-order valence-corrected chi connectivity index (χ3v) is 2.11. The highest BCUT2D eigenvalue weighted by Gasteiger charge is 2.11. The number of carbonyl (C=O) groups is 2. The van der Waals surface area contributed by atoms with Crippen LogP contribution in [0.15, 0.2) is 9.15 Å². The van der Waals surface area contributed by atoms with Gasteiger partial charge in [-0.05, 0) is 29.5 Å². The molecule has 0 aliphatic rings. The number of halogens is 1. The van der Waals surface area contributed by atoms with E-state index in [2.05, 4.69) is 0 Å². The summed E-state index contributed by atoms with van der Waals surface area (Å²) in [6.07, 6.45) is 0. The van der Waals surface area contributed by atoms with E-state index >= 15 is 0 Å². The van der Waals surface area contributed by atoms with Gasteiger partial charge in [0.15, 0.2) is 0 Å². The van der Waals surface area contributed by atoms with Crippen LogP contribution in [0.5, 0.6) is 0 Å². The lowest BCUT2D eigenvalue weighted by Crippen LogP contribution is -2.04. The average molecular weight is 256 g/mol. The Kier molecular flexibility index (Phi) is 3.34. The summed E-state index contributed by atoms with van der Waals surface area (Å²) in [5, 5.41) is 16.5. The maximum Gasteiger partial charge on any atom is 0.342 e. The van der Waals surface area contributed by atoms with Crippen molar-refractivity contribution in [2.24, 2.45) is 0 Å². The average Bonchev–Trinajstić information content (AvgIpc) is 1.84. The number of carboxylic acid groups (broad SMARTS) is 2. The van der Waals surface area contributed by atoms with Gasteiger partial charge in [-0.1, -0.05) is 0 Å². The number of rotatable bonds is 2. The molecule has 0 aromatic heterocycles. The molecule has 0 radical (unpaired) electrons. The molecular formula is C5H5IO4. The van der Waals surface area contributed by atoms with Crippen LogP contribution in [0.2, 0.25) is 0 Å². The molecule has 0 aliphatic carbocycles. The lowest BCUT2D eigenvalue weighted by molar-refractivity contribution is -0.135. The van der Waals surface area contributed by atoms with Gasteiger partial charge in [0.25, 0.3) is 0 Å². The van der Waals surface area contributed by atoms with Gasteiger partial charge in [-0.3, -0.25) is 0 Å². The fraction of sp³-hybridized carbons (Fsp3) is 0.200. The van der Waals surface area contributed by atoms with Crippen LogP contribution in [0.3, 0.4) is 0 Å². The van der Waals surface area contributed by atoms with E-state index in [1.807, 2.05) is 0 Å². The number of aliphatic carboxylic acids is 2. The molecule has 10 heavy (non-hydrogen) atoms. The predicted molar refractivity (Wildman–Crippen MR) is 42.0 cm³/mol. The first-order valence-corrected chi connectivity index (χ1v) is 3.37. The second-order valence-corrected chi connectivity index (χ2v) is 2.63. The summed E-state index contributed by atoms with van der Waals surface area (Å²) < 4.78 is -0.162. The van der Waals surface area contributed by atoms with Gasteiger partial charge in [0, 0.05) is 0 Å². The van der Waals surface area contributed by atoms with E-state index in [1.54, 1.807) is 0 Å². The van der Waals surface area contributed by atoms with E-state index in [0.29, 0.717) is 0 Å². The second kappa shape index (κ2) is 3.55. The fourth-order valence-electron chi connectivity index (χ4n) is 0.254. The molecule has 0 aliphatic heterocycles. The number of hydrogen-bond acceptors (Lipinski definition) is 2. The standard InChI is InChI=1S/C5H5IO4/c1-2(4(7)8)3(6)5(9)10/h1H3,(H,7,8)(H,9,10)/b3-2-. The van der Waals surface area contributed by atoms with Crippen LogP contribution in [0.4, 0.5) is 0 Å². The summed E-state index contributed by atoms with van der Waals surface area (Å²) in [7, 11) is 0. The molecular weight excluding hydrogens is 251 g/mol. The van der Waals surface area contributed by atoms with Gasteiger partial charge in [-0.2, -0.15) is 0 Å². The fourth-order valence-corrected chi connectivity index (χ4v) is 0.485. The summed E-state index contributed by atoms with van der Waals surface area (Å²) in [6.45, 7) is 1.25. The molecule has 0 atom stereocenters. The van der Waals surface area contributed by atoms with E-state index in [9.17, 15) is 9.59 Å². The third kappa shape index (κ3) is 2.34. The molecule has 0 saturated heterocycles. The molecule has 0 amide bonds. The Balaban J connectivity index is 4.67. The van der Waals surface area contributed by atoms with Crippen LogP contribution < -0.4 is 0 Å². The van der Waals surface area contributed by atoms with Gasteiger partial charge < -0.3 is 10.2 Å². The van der Waals surface area contributed by atoms with Crippen molar-refractivity contribution in [3.8, 4) is 0 Å². The van der Waals surface area contributed by atoms with Crippen LogP contribution in [0.1, 0.15) is 6.92 Å². The largest absolute Gasteiger partial charge is 0.478 e. The Bertz CT molecular complexity index is 184. The van der Waals surface area contributed by atoms with E-state index in [4.69, 9.17) is 10.2 Å². The van der Waals surface area contributed by atoms with Crippen molar-refractivity contribution in [2.45, 2.75) is 6.92 Å². The van der Waals surface area contributed by atoms with E-state index in [0.717, 1.165) is 0 Å². The van der Waals surface area contributed by atoms with E-state index in [-0.39, 0.29) is 9.15 Å². The molecule has 0 spiro atoms. The Hall–Kier alpha value is -0.590. The molecule has 0 fully saturated rings. The van der Waals surface area contributed by atoms with Crippen molar-refractivity contribution in [1.82, 2.24) is 0 Å². The van der Waals surface area contributed by atoms with Crippen molar-refractivity contribution in [3.63, 3.8) is 0 Å². The van der Waals surface area contributed by atoms with Gasteiger partial charge in [0.2, 0.25) is 0 Å². The van der Waals surface area contributed by atoms with Crippen LogP contribution >= 0.6 is 22.6 Å². The molecule has 56 valence electrons. The summed E-state index contributed by atoms with van der Waals surface area (Å²) in [5.41, 5.74) is -0.145. The topological polar surface area (TPSA) is 74.6 Å². The monoisotopic (exact) mass is 256 g/mol. The zero-order chi connectivity index (χ0) is 8.31. The lowest BCUT2D eigenvalue weighted by atomic mass is 10.3. The molecule has 0 unspecified atom stereocenters. The maximum atomic E-state index is 10.1.